The molecule has 0 amide bonds. The summed E-state index contributed by atoms with van der Waals surface area (Å²) in [5.41, 5.74) is 0. The number of carbonyl (C=O) groups is 1. The lowest BCUT2D eigenvalue weighted by Gasteiger charge is -2.05. The van der Waals surface area contributed by atoms with Crippen LogP contribution in [0.5, 0.6) is 0 Å². The normalized spacial score (nSPS) is 11.6. The molecular formula is C10H13ClNO4S2-. The number of nitrogens with one attached hydrogen (secondary N) is 1. The van der Waals surface area contributed by atoms with Crippen LogP contribution in [0, 0.1) is 0 Å². The summed E-state index contributed by atoms with van der Waals surface area (Å²) >= 11 is 6.66. The Morgan fingerprint density at radius 3 is 2.61 bits per heavy atom. The van der Waals surface area contributed by atoms with Gasteiger partial charge in [0.05, 0.1) is 4.34 Å². The number of carboxylic acids is 1. The van der Waals surface area contributed by atoms with E-state index < -0.39 is 16.0 Å². The fraction of sp³-hybridized carbons (Fsp3) is 0.500. The molecule has 0 radical (unpaired) electrons. The van der Waals surface area contributed by atoms with Crippen molar-refractivity contribution in [2.75, 3.05) is 6.54 Å². The largest absolute Gasteiger partial charge is 0.550 e. The molecule has 0 spiro atoms. The molecule has 1 aromatic heterocycles. The Morgan fingerprint density at radius 2 is 2.06 bits per heavy atom. The van der Waals surface area contributed by atoms with E-state index in [1.54, 1.807) is 0 Å². The maximum atomic E-state index is 11.7. The molecule has 0 atom stereocenters. The molecular weight excluding hydrogens is 298 g/mol. The molecule has 18 heavy (non-hydrogen) atoms. The summed E-state index contributed by atoms with van der Waals surface area (Å²) in [5, 5.41) is 10.1. The zero-order valence-electron chi connectivity index (χ0n) is 9.52. The zero-order valence-corrected chi connectivity index (χ0v) is 11.9. The van der Waals surface area contributed by atoms with Crippen LogP contribution >= 0.6 is 22.9 Å². The first-order chi connectivity index (χ1) is 8.42. The lowest BCUT2D eigenvalue weighted by Crippen LogP contribution is -2.24. The Bertz CT molecular complexity index is 498. The van der Waals surface area contributed by atoms with Gasteiger partial charge in [-0.15, -0.1) is 11.3 Å². The van der Waals surface area contributed by atoms with Gasteiger partial charge in [-0.05, 0) is 31.4 Å². The molecule has 8 heteroatoms. The highest BCUT2D eigenvalue weighted by Gasteiger charge is 2.15. The first kappa shape index (κ1) is 15.4. The number of carboxylic acid groups (broad SMARTS) is 1. The Labute approximate surface area is 115 Å². The minimum atomic E-state index is -3.49. The first-order valence-electron chi connectivity index (χ1n) is 5.36. The second kappa shape index (κ2) is 7.08. The lowest BCUT2D eigenvalue weighted by molar-refractivity contribution is -0.305. The molecule has 1 rings (SSSR count). The predicted octanol–water partition coefficient (Wildman–Crippen LogP) is 0.990. The summed E-state index contributed by atoms with van der Waals surface area (Å²) in [6.07, 6.45) is 1.73. The van der Waals surface area contributed by atoms with Gasteiger partial charge >= 0.3 is 0 Å². The number of aliphatic carboxylic acids is 1. The summed E-state index contributed by atoms with van der Waals surface area (Å²) < 4.78 is 26.5. The molecule has 0 fully saturated rings. The molecule has 0 saturated heterocycles. The SMILES string of the molecule is O=C([O-])CCCCCNS(=O)(=O)c1ccc(Cl)s1. The van der Waals surface area contributed by atoms with Crippen LogP contribution < -0.4 is 9.83 Å². The van der Waals surface area contributed by atoms with Gasteiger partial charge < -0.3 is 9.90 Å². The molecule has 0 unspecified atom stereocenters. The van der Waals surface area contributed by atoms with E-state index in [1.807, 2.05) is 0 Å². The molecule has 0 aromatic carbocycles. The molecule has 1 heterocycles. The van der Waals surface area contributed by atoms with E-state index in [1.165, 1.54) is 12.1 Å². The van der Waals surface area contributed by atoms with Crippen LogP contribution in [0.3, 0.4) is 0 Å². The number of sulfonamides is 1. The lowest BCUT2D eigenvalue weighted by atomic mass is 10.2. The van der Waals surface area contributed by atoms with Crippen molar-refractivity contribution in [1.29, 1.82) is 0 Å². The second-order valence-electron chi connectivity index (χ2n) is 3.64. The van der Waals surface area contributed by atoms with Gasteiger partial charge in [0.15, 0.2) is 0 Å². The number of halogens is 1. The van der Waals surface area contributed by atoms with E-state index in [4.69, 9.17) is 11.6 Å². The summed E-state index contributed by atoms with van der Waals surface area (Å²) in [5.74, 6) is -1.08. The topological polar surface area (TPSA) is 86.3 Å². The van der Waals surface area contributed by atoms with Crippen molar-refractivity contribution in [3.63, 3.8) is 0 Å². The number of hydrogen-bond acceptors (Lipinski definition) is 5. The molecule has 0 aliphatic heterocycles. The van der Waals surface area contributed by atoms with E-state index in [0.717, 1.165) is 11.3 Å². The van der Waals surface area contributed by atoms with Gasteiger partial charge in [-0.3, -0.25) is 0 Å². The van der Waals surface area contributed by atoms with Crippen molar-refractivity contribution in [2.45, 2.75) is 29.9 Å². The molecule has 0 saturated carbocycles. The third-order valence-corrected chi connectivity index (χ3v) is 5.35. The average Bonchev–Trinajstić information content (AvgIpc) is 2.70. The Hall–Kier alpha value is -0.630. The van der Waals surface area contributed by atoms with E-state index in [0.29, 0.717) is 23.6 Å². The fourth-order valence-corrected chi connectivity index (χ4v) is 3.89. The molecule has 5 nitrogen and oxygen atoms in total. The van der Waals surface area contributed by atoms with E-state index >= 15 is 0 Å². The van der Waals surface area contributed by atoms with Crippen molar-refractivity contribution in [2.24, 2.45) is 0 Å². The Balaban J connectivity index is 2.28. The average molecular weight is 311 g/mol. The summed E-state index contributed by atoms with van der Waals surface area (Å²) in [6, 6.07) is 2.98. The number of unbranched alkanes of at least 4 members (excludes halogenated alkanes) is 2. The predicted molar refractivity (Wildman–Crippen MR) is 68.0 cm³/mol. The van der Waals surface area contributed by atoms with E-state index in [9.17, 15) is 18.3 Å². The number of rotatable bonds is 8. The van der Waals surface area contributed by atoms with Gasteiger partial charge in [-0.2, -0.15) is 0 Å². The number of hydrogen-bond donors (Lipinski definition) is 1. The fourth-order valence-electron chi connectivity index (χ4n) is 1.29. The third-order valence-electron chi connectivity index (χ3n) is 2.16. The van der Waals surface area contributed by atoms with Gasteiger partial charge in [0, 0.05) is 12.5 Å². The molecule has 0 aliphatic carbocycles. The Kier molecular flexibility index (Phi) is 6.07. The van der Waals surface area contributed by atoms with E-state index in [-0.39, 0.29) is 17.2 Å². The Morgan fingerprint density at radius 1 is 1.33 bits per heavy atom. The van der Waals surface area contributed by atoms with Gasteiger partial charge in [0.1, 0.15) is 4.21 Å². The number of carbonyl (C=O) groups excluding carboxylic acids is 1. The number of thiophene rings is 1. The van der Waals surface area contributed by atoms with Crippen LogP contribution in [0.15, 0.2) is 16.3 Å². The summed E-state index contributed by atoms with van der Waals surface area (Å²) in [4.78, 5) is 10.1. The molecule has 0 bridgehead atoms. The van der Waals surface area contributed by atoms with Crippen molar-refractivity contribution in [3.05, 3.63) is 16.5 Å². The van der Waals surface area contributed by atoms with Crippen molar-refractivity contribution >= 4 is 38.9 Å². The molecule has 1 N–H and O–H groups in total. The van der Waals surface area contributed by atoms with Gasteiger partial charge in [-0.1, -0.05) is 18.0 Å². The molecule has 102 valence electrons. The minimum Gasteiger partial charge on any atom is -0.550 e. The maximum Gasteiger partial charge on any atom is 0.250 e. The van der Waals surface area contributed by atoms with Crippen LogP contribution in [0.25, 0.3) is 0 Å². The standard InChI is InChI=1S/C10H14ClNO4S2/c11-8-5-6-10(17-8)18(15,16)12-7-3-1-2-4-9(13)14/h5-6,12H,1-4,7H2,(H,13,14)/p-1. The molecule has 1 aromatic rings. The highest BCUT2D eigenvalue weighted by molar-refractivity contribution is 7.91. The van der Waals surface area contributed by atoms with Crippen LogP contribution in [0.2, 0.25) is 4.34 Å². The van der Waals surface area contributed by atoms with Gasteiger partial charge in [0.2, 0.25) is 10.0 Å². The second-order valence-corrected chi connectivity index (χ2v) is 7.35. The third kappa shape index (κ3) is 5.34. The van der Waals surface area contributed by atoms with Crippen molar-refractivity contribution < 1.29 is 18.3 Å². The maximum absolute atomic E-state index is 11.7. The van der Waals surface area contributed by atoms with Crippen molar-refractivity contribution in [3.8, 4) is 0 Å². The highest BCUT2D eigenvalue weighted by atomic mass is 35.5. The summed E-state index contributed by atoms with van der Waals surface area (Å²) in [6.45, 7) is 0.283. The van der Waals surface area contributed by atoms with Gasteiger partial charge in [0.25, 0.3) is 0 Å². The van der Waals surface area contributed by atoms with Crippen LogP contribution in [0.1, 0.15) is 25.7 Å². The molecule has 0 aliphatic rings. The van der Waals surface area contributed by atoms with Crippen LogP contribution in [-0.2, 0) is 14.8 Å². The van der Waals surface area contributed by atoms with Crippen LogP contribution in [0.4, 0.5) is 0 Å². The first-order valence-corrected chi connectivity index (χ1v) is 8.04. The monoisotopic (exact) mass is 310 g/mol. The van der Waals surface area contributed by atoms with Crippen LogP contribution in [-0.4, -0.2) is 20.9 Å². The van der Waals surface area contributed by atoms with Gasteiger partial charge in [-0.25, -0.2) is 13.1 Å². The zero-order chi connectivity index (χ0) is 13.6. The van der Waals surface area contributed by atoms with E-state index in [2.05, 4.69) is 4.72 Å². The van der Waals surface area contributed by atoms with Crippen molar-refractivity contribution in [1.82, 2.24) is 4.72 Å². The quantitative estimate of drug-likeness (QED) is 0.725. The minimum absolute atomic E-state index is 0.00722. The highest BCUT2D eigenvalue weighted by Crippen LogP contribution is 2.25. The smallest absolute Gasteiger partial charge is 0.250 e. The summed E-state index contributed by atoms with van der Waals surface area (Å²) in [7, 11) is -3.49.